The number of nitrogens with one attached hydrogen (secondary N) is 1. The highest BCUT2D eigenvalue weighted by atomic mass is 19.4. The van der Waals surface area contributed by atoms with Gasteiger partial charge in [-0.25, -0.2) is 19.9 Å². The van der Waals surface area contributed by atoms with Gasteiger partial charge in [0.05, 0.1) is 40.3 Å². The van der Waals surface area contributed by atoms with Gasteiger partial charge < -0.3 is 5.32 Å². The summed E-state index contributed by atoms with van der Waals surface area (Å²) in [6, 6.07) is 8.21. The second-order valence-corrected chi connectivity index (χ2v) is 6.71. The highest BCUT2D eigenvalue weighted by Crippen LogP contribution is 2.37. The molecule has 0 unspecified atom stereocenters. The Morgan fingerprint density at radius 3 is 2.27 bits per heavy atom. The van der Waals surface area contributed by atoms with Gasteiger partial charge in [-0.1, -0.05) is 6.07 Å². The van der Waals surface area contributed by atoms with Gasteiger partial charge >= 0.3 is 12.4 Å². The van der Waals surface area contributed by atoms with Crippen LogP contribution in [0.1, 0.15) is 16.7 Å². The van der Waals surface area contributed by atoms with Crippen LogP contribution in [0, 0.1) is 11.3 Å². The summed E-state index contributed by atoms with van der Waals surface area (Å²) in [5.41, 5.74) is -2.04. The lowest BCUT2D eigenvalue weighted by atomic mass is 10.0. The zero-order chi connectivity index (χ0) is 23.8. The van der Waals surface area contributed by atoms with Crippen LogP contribution in [-0.4, -0.2) is 19.9 Å². The third kappa shape index (κ3) is 4.52. The lowest BCUT2D eigenvalue weighted by molar-refractivity contribution is -0.138. The molecule has 0 fully saturated rings. The third-order valence-corrected chi connectivity index (χ3v) is 4.53. The van der Waals surface area contributed by atoms with E-state index in [1.54, 1.807) is 6.07 Å². The highest BCUT2D eigenvalue weighted by molar-refractivity contribution is 5.87. The lowest BCUT2D eigenvalue weighted by Crippen LogP contribution is -2.08. The first-order valence-electron chi connectivity index (χ1n) is 9.10. The van der Waals surface area contributed by atoms with Crippen LogP contribution in [-0.2, 0) is 12.4 Å². The molecular formula is C21H10F6N6. The second kappa shape index (κ2) is 8.01. The molecule has 3 heterocycles. The first kappa shape index (κ1) is 21.9. The quantitative estimate of drug-likeness (QED) is 0.393. The van der Waals surface area contributed by atoms with Crippen molar-refractivity contribution < 1.29 is 26.3 Å². The number of pyridine rings is 2. The Kier molecular flexibility index (Phi) is 5.33. The molecule has 33 heavy (non-hydrogen) atoms. The number of aromatic nitrogens is 4. The first-order valence-corrected chi connectivity index (χ1v) is 9.10. The Morgan fingerprint density at radius 1 is 0.848 bits per heavy atom. The fraction of sp³-hybridized carbons (Fsp3) is 0.0952. The molecule has 0 aliphatic rings. The van der Waals surface area contributed by atoms with Gasteiger partial charge in [-0.2, -0.15) is 31.6 Å². The van der Waals surface area contributed by atoms with Gasteiger partial charge in [0.1, 0.15) is 11.3 Å². The molecule has 1 aromatic carbocycles. The molecular weight excluding hydrogens is 450 g/mol. The molecule has 0 radical (unpaired) electrons. The summed E-state index contributed by atoms with van der Waals surface area (Å²) in [5.74, 6) is 0.0906. The molecule has 12 heteroatoms. The number of alkyl halides is 6. The Morgan fingerprint density at radius 2 is 1.64 bits per heavy atom. The molecule has 1 N–H and O–H groups in total. The molecule has 0 bridgehead atoms. The topological polar surface area (TPSA) is 87.4 Å². The van der Waals surface area contributed by atoms with Gasteiger partial charge in [-0.3, -0.25) is 0 Å². The van der Waals surface area contributed by atoms with Crippen LogP contribution in [0.3, 0.4) is 0 Å². The van der Waals surface area contributed by atoms with Crippen LogP contribution >= 0.6 is 0 Å². The summed E-state index contributed by atoms with van der Waals surface area (Å²) < 4.78 is 78.6. The minimum Gasteiger partial charge on any atom is -0.338 e. The molecule has 6 nitrogen and oxygen atoms in total. The van der Waals surface area contributed by atoms with E-state index in [-0.39, 0.29) is 33.8 Å². The Labute approximate surface area is 181 Å². The van der Waals surface area contributed by atoms with Crippen LogP contribution < -0.4 is 5.32 Å². The van der Waals surface area contributed by atoms with E-state index in [2.05, 4.69) is 25.3 Å². The molecule has 0 amide bonds. The van der Waals surface area contributed by atoms with E-state index in [0.717, 1.165) is 30.5 Å². The molecule has 0 spiro atoms. The number of nitrogens with zero attached hydrogens (tertiary/aromatic N) is 5. The zero-order valence-corrected chi connectivity index (χ0v) is 16.2. The van der Waals surface area contributed by atoms with Crippen molar-refractivity contribution in [1.29, 1.82) is 5.26 Å². The summed E-state index contributed by atoms with van der Waals surface area (Å²) in [7, 11) is 0. The van der Waals surface area contributed by atoms with E-state index in [9.17, 15) is 26.3 Å². The van der Waals surface area contributed by atoms with Crippen LogP contribution in [0.2, 0.25) is 0 Å². The molecule has 0 saturated heterocycles. The molecule has 0 atom stereocenters. The Bertz CT molecular complexity index is 1370. The summed E-state index contributed by atoms with van der Waals surface area (Å²) in [5, 5.41) is 11.7. The fourth-order valence-corrected chi connectivity index (χ4v) is 3.00. The summed E-state index contributed by atoms with van der Waals surface area (Å²) in [6.07, 6.45) is -6.16. The van der Waals surface area contributed by atoms with Crippen LogP contribution in [0.4, 0.5) is 37.8 Å². The number of hydrogen-bond acceptors (Lipinski definition) is 6. The zero-order valence-electron chi connectivity index (χ0n) is 16.2. The van der Waals surface area contributed by atoms with Crippen molar-refractivity contribution in [2.24, 2.45) is 0 Å². The summed E-state index contributed by atoms with van der Waals surface area (Å²) in [6.45, 7) is 0. The molecule has 0 aliphatic carbocycles. The number of hydrogen-bond donors (Lipinski definition) is 1. The first-order chi connectivity index (χ1) is 15.6. The van der Waals surface area contributed by atoms with Crippen molar-refractivity contribution in [3.63, 3.8) is 0 Å². The average Bonchev–Trinajstić information content (AvgIpc) is 2.77. The average molecular weight is 460 g/mol. The van der Waals surface area contributed by atoms with Crippen molar-refractivity contribution in [1.82, 2.24) is 19.9 Å². The molecule has 4 aromatic rings. The van der Waals surface area contributed by atoms with Crippen LogP contribution in [0.5, 0.6) is 0 Å². The highest BCUT2D eigenvalue weighted by Gasteiger charge is 2.34. The number of halogens is 6. The van der Waals surface area contributed by atoms with Gasteiger partial charge in [0, 0.05) is 18.0 Å². The van der Waals surface area contributed by atoms with E-state index in [1.807, 2.05) is 0 Å². The lowest BCUT2D eigenvalue weighted by Gasteiger charge is -2.13. The van der Waals surface area contributed by atoms with E-state index >= 15 is 0 Å². The summed E-state index contributed by atoms with van der Waals surface area (Å²) >= 11 is 0. The standard InChI is InChI=1S/C21H10F6N6/c22-20(23,24)12-2-4-17(30-9-12)32-15-5-6-29-19-18(15)31-10-16(33-19)13-3-1-11(8-28)7-14(13)21(25,26)27/h1-7,9-10H,(H,29,30,32,33). The summed E-state index contributed by atoms with van der Waals surface area (Å²) in [4.78, 5) is 16.0. The van der Waals surface area contributed by atoms with E-state index < -0.39 is 23.5 Å². The maximum Gasteiger partial charge on any atom is 0.417 e. The van der Waals surface area contributed by atoms with E-state index in [4.69, 9.17) is 5.26 Å². The smallest absolute Gasteiger partial charge is 0.338 e. The van der Waals surface area contributed by atoms with Gasteiger partial charge in [0.2, 0.25) is 0 Å². The largest absolute Gasteiger partial charge is 0.417 e. The number of benzene rings is 1. The molecule has 0 aliphatic heterocycles. The monoisotopic (exact) mass is 460 g/mol. The maximum atomic E-state index is 13.5. The number of nitriles is 1. The van der Waals surface area contributed by atoms with E-state index in [1.165, 1.54) is 18.3 Å². The van der Waals surface area contributed by atoms with Gasteiger partial charge in [0.15, 0.2) is 5.65 Å². The van der Waals surface area contributed by atoms with Crippen molar-refractivity contribution >= 4 is 22.7 Å². The van der Waals surface area contributed by atoms with Gasteiger partial charge in [-0.15, -0.1) is 0 Å². The number of fused-ring (bicyclic) bond motifs is 1. The van der Waals surface area contributed by atoms with Crippen molar-refractivity contribution in [3.8, 4) is 17.3 Å². The van der Waals surface area contributed by atoms with Crippen molar-refractivity contribution in [3.05, 3.63) is 71.7 Å². The minimum atomic E-state index is -4.73. The van der Waals surface area contributed by atoms with Crippen LogP contribution in [0.15, 0.2) is 55.0 Å². The normalized spacial score (nSPS) is 11.9. The van der Waals surface area contributed by atoms with Crippen molar-refractivity contribution in [2.75, 3.05) is 5.32 Å². The van der Waals surface area contributed by atoms with Gasteiger partial charge in [-0.05, 0) is 30.3 Å². The Hall–Kier alpha value is -4.27. The molecule has 166 valence electrons. The predicted molar refractivity (Wildman–Crippen MR) is 105 cm³/mol. The predicted octanol–water partition coefficient (Wildman–Crippen LogP) is 5.74. The maximum absolute atomic E-state index is 13.5. The second-order valence-electron chi connectivity index (χ2n) is 6.71. The molecule has 0 saturated carbocycles. The van der Waals surface area contributed by atoms with E-state index in [0.29, 0.717) is 11.9 Å². The molecule has 4 rings (SSSR count). The number of anilines is 2. The van der Waals surface area contributed by atoms with Crippen LogP contribution in [0.25, 0.3) is 22.4 Å². The third-order valence-electron chi connectivity index (χ3n) is 4.53. The number of rotatable bonds is 3. The SMILES string of the molecule is N#Cc1ccc(-c2cnc3c(Nc4ccc(C(F)(F)F)cn4)ccnc3n2)c(C(F)(F)F)c1. The minimum absolute atomic E-state index is 0.00176. The Balaban J connectivity index is 1.72. The van der Waals surface area contributed by atoms with Gasteiger partial charge in [0.25, 0.3) is 0 Å². The van der Waals surface area contributed by atoms with Crippen molar-refractivity contribution in [2.45, 2.75) is 12.4 Å². The molecule has 3 aromatic heterocycles. The fourth-order valence-electron chi connectivity index (χ4n) is 3.00.